The zero-order chi connectivity index (χ0) is 16.2. The molecular weight excluding hydrogens is 302 g/mol. The summed E-state index contributed by atoms with van der Waals surface area (Å²) in [6, 6.07) is 14.9. The summed E-state index contributed by atoms with van der Waals surface area (Å²) < 4.78 is 2.47. The van der Waals surface area contributed by atoms with Crippen LogP contribution in [0.4, 0.5) is 5.69 Å². The van der Waals surface area contributed by atoms with Crippen LogP contribution in [0.25, 0.3) is 5.57 Å². The Labute approximate surface area is 142 Å². The van der Waals surface area contributed by atoms with Gasteiger partial charge in [0.25, 0.3) is 0 Å². The Morgan fingerprint density at radius 2 is 1.78 bits per heavy atom. The summed E-state index contributed by atoms with van der Waals surface area (Å²) in [6.45, 7) is 8.98. The molecule has 0 bridgehead atoms. The quantitative estimate of drug-likeness (QED) is 0.600. The Morgan fingerprint density at radius 1 is 1.04 bits per heavy atom. The number of hydrogen-bond donors (Lipinski definition) is 0. The van der Waals surface area contributed by atoms with Crippen LogP contribution in [-0.2, 0) is 6.42 Å². The molecule has 1 heterocycles. The van der Waals surface area contributed by atoms with Gasteiger partial charge in [-0.2, -0.15) is 4.58 Å². The Kier molecular flexibility index (Phi) is 3.24. The minimum absolute atomic E-state index is 0.147. The molecule has 116 valence electrons. The molecule has 0 saturated heterocycles. The van der Waals surface area contributed by atoms with Crippen molar-refractivity contribution in [3.05, 3.63) is 70.8 Å². The normalized spacial score (nSPS) is 18.8. The molecule has 0 N–H and O–H groups in total. The smallest absolute Gasteiger partial charge is 0.186 e. The lowest BCUT2D eigenvalue weighted by Gasteiger charge is -2.35. The maximum Gasteiger partial charge on any atom is 0.206 e. The first-order valence-corrected chi connectivity index (χ1v) is 8.61. The Morgan fingerprint density at radius 3 is 2.52 bits per heavy atom. The second-order valence-corrected chi connectivity index (χ2v) is 7.43. The lowest BCUT2D eigenvalue weighted by Crippen LogP contribution is -2.43. The van der Waals surface area contributed by atoms with E-state index in [1.807, 2.05) is 12.1 Å². The van der Waals surface area contributed by atoms with Gasteiger partial charge in [0.1, 0.15) is 0 Å². The van der Waals surface area contributed by atoms with Crippen LogP contribution in [0.5, 0.6) is 0 Å². The topological polar surface area (TPSA) is 3.01 Å². The molecule has 0 atom stereocenters. The van der Waals surface area contributed by atoms with Gasteiger partial charge >= 0.3 is 0 Å². The summed E-state index contributed by atoms with van der Waals surface area (Å²) in [5.74, 6) is 0. The van der Waals surface area contributed by atoms with Crippen LogP contribution in [0.3, 0.4) is 0 Å². The summed E-state index contributed by atoms with van der Waals surface area (Å²) in [5.41, 5.74) is 7.87. The van der Waals surface area contributed by atoms with Gasteiger partial charge in [-0.15, -0.1) is 0 Å². The highest BCUT2D eigenvalue weighted by Gasteiger charge is 2.45. The minimum atomic E-state index is -0.147. The average molecular weight is 323 g/mol. The molecule has 0 fully saturated rings. The molecule has 2 aromatic rings. The molecule has 1 aliphatic carbocycles. The average Bonchev–Trinajstić information content (AvgIpc) is 2.54. The molecule has 2 aliphatic rings. The van der Waals surface area contributed by atoms with Gasteiger partial charge in [-0.1, -0.05) is 36.4 Å². The highest BCUT2D eigenvalue weighted by Crippen LogP contribution is 2.43. The molecule has 2 aromatic carbocycles. The highest BCUT2D eigenvalue weighted by atomic mass is 35.5. The number of benzene rings is 2. The molecule has 0 amide bonds. The van der Waals surface area contributed by atoms with Crippen molar-refractivity contribution in [1.29, 1.82) is 0 Å². The number of aryl methyl sites for hydroxylation is 1. The van der Waals surface area contributed by atoms with Crippen molar-refractivity contribution in [2.75, 3.05) is 0 Å². The Bertz CT molecular complexity index is 841. The van der Waals surface area contributed by atoms with E-state index >= 15 is 0 Å². The van der Waals surface area contributed by atoms with Gasteiger partial charge < -0.3 is 0 Å². The van der Waals surface area contributed by atoms with E-state index < -0.39 is 0 Å². The fraction of sp³-hybridized carbons (Fsp3) is 0.286. The van der Waals surface area contributed by atoms with Gasteiger partial charge in [-0.25, -0.2) is 0 Å². The molecular formula is C21H21ClN+. The fourth-order valence-corrected chi connectivity index (χ4v) is 4.19. The molecule has 1 aliphatic heterocycles. The SMILES string of the molecule is C=C1c2cccc3c2C(=[N+](c2ccc(Cl)cc2)C1(C)C)CCC3. The molecule has 0 saturated carbocycles. The van der Waals surface area contributed by atoms with Crippen LogP contribution in [-0.4, -0.2) is 15.8 Å². The van der Waals surface area contributed by atoms with E-state index in [0.29, 0.717) is 0 Å². The van der Waals surface area contributed by atoms with Crippen LogP contribution in [0.2, 0.25) is 5.02 Å². The zero-order valence-electron chi connectivity index (χ0n) is 13.7. The van der Waals surface area contributed by atoms with Crippen molar-refractivity contribution in [1.82, 2.24) is 0 Å². The van der Waals surface area contributed by atoms with Gasteiger partial charge in [0.2, 0.25) is 5.69 Å². The third kappa shape index (κ3) is 2.10. The maximum atomic E-state index is 6.10. The second kappa shape index (κ2) is 5.07. The van der Waals surface area contributed by atoms with E-state index in [1.54, 1.807) is 0 Å². The predicted molar refractivity (Wildman–Crippen MR) is 98.0 cm³/mol. The molecule has 0 aromatic heterocycles. The largest absolute Gasteiger partial charge is 0.206 e. The maximum absolute atomic E-state index is 6.10. The van der Waals surface area contributed by atoms with Gasteiger partial charge in [0.05, 0.1) is 5.56 Å². The van der Waals surface area contributed by atoms with E-state index in [0.717, 1.165) is 17.9 Å². The van der Waals surface area contributed by atoms with Crippen molar-refractivity contribution >= 4 is 28.6 Å². The predicted octanol–water partition coefficient (Wildman–Crippen LogP) is 5.62. The summed E-state index contributed by atoms with van der Waals surface area (Å²) in [6.07, 6.45) is 3.48. The second-order valence-electron chi connectivity index (χ2n) is 6.99. The standard InChI is InChI=1S/C21H21ClN/c1-14-18-8-4-6-15-7-5-9-19(20(15)18)23(21(14,2)3)17-12-10-16(22)11-13-17/h4,6,8,10-13H,1,5,7,9H2,2-3H3/q+1. The van der Waals surface area contributed by atoms with Crippen molar-refractivity contribution in [3.63, 3.8) is 0 Å². The zero-order valence-corrected chi connectivity index (χ0v) is 14.5. The van der Waals surface area contributed by atoms with Crippen molar-refractivity contribution in [2.24, 2.45) is 0 Å². The number of hydrogen-bond acceptors (Lipinski definition) is 0. The van der Waals surface area contributed by atoms with Gasteiger partial charge in [-0.05, 0) is 36.1 Å². The molecule has 0 unspecified atom stereocenters. The highest BCUT2D eigenvalue weighted by molar-refractivity contribution is 6.30. The first-order valence-electron chi connectivity index (χ1n) is 8.24. The monoisotopic (exact) mass is 322 g/mol. The van der Waals surface area contributed by atoms with E-state index in [1.165, 1.54) is 40.1 Å². The van der Waals surface area contributed by atoms with Crippen LogP contribution in [0.1, 0.15) is 43.4 Å². The van der Waals surface area contributed by atoms with Crippen LogP contribution in [0, 0.1) is 0 Å². The van der Waals surface area contributed by atoms with Gasteiger partial charge in [0, 0.05) is 43.0 Å². The van der Waals surface area contributed by atoms with Crippen LogP contribution in [0.15, 0.2) is 49.0 Å². The fourth-order valence-electron chi connectivity index (χ4n) is 4.07. The van der Waals surface area contributed by atoms with E-state index in [9.17, 15) is 0 Å². The molecule has 4 rings (SSSR count). The Hall–Kier alpha value is -1.86. The van der Waals surface area contributed by atoms with Crippen molar-refractivity contribution in [2.45, 2.75) is 38.6 Å². The van der Waals surface area contributed by atoms with Crippen molar-refractivity contribution < 1.29 is 4.58 Å². The van der Waals surface area contributed by atoms with E-state index in [2.05, 4.69) is 55.3 Å². The molecule has 23 heavy (non-hydrogen) atoms. The van der Waals surface area contributed by atoms with Crippen LogP contribution >= 0.6 is 11.6 Å². The van der Waals surface area contributed by atoms with Crippen LogP contribution < -0.4 is 0 Å². The summed E-state index contributed by atoms with van der Waals surface area (Å²) in [4.78, 5) is 0. The van der Waals surface area contributed by atoms with Gasteiger partial charge in [-0.3, -0.25) is 0 Å². The number of nitrogens with zero attached hydrogens (tertiary/aromatic N) is 1. The van der Waals surface area contributed by atoms with E-state index in [-0.39, 0.29) is 5.54 Å². The number of rotatable bonds is 1. The van der Waals surface area contributed by atoms with E-state index in [4.69, 9.17) is 11.6 Å². The first kappa shape index (κ1) is 14.7. The lowest BCUT2D eigenvalue weighted by atomic mass is 9.75. The third-order valence-corrected chi connectivity index (χ3v) is 5.53. The summed E-state index contributed by atoms with van der Waals surface area (Å²) in [7, 11) is 0. The molecule has 0 radical (unpaired) electrons. The summed E-state index contributed by atoms with van der Waals surface area (Å²) in [5, 5.41) is 0.775. The third-order valence-electron chi connectivity index (χ3n) is 5.28. The Balaban J connectivity index is 2.07. The first-order chi connectivity index (χ1) is 11.0. The minimum Gasteiger partial charge on any atom is -0.186 e. The van der Waals surface area contributed by atoms with Gasteiger partial charge in [0.15, 0.2) is 11.3 Å². The number of halogens is 1. The molecule has 0 spiro atoms. The lowest BCUT2D eigenvalue weighted by molar-refractivity contribution is -0.507. The molecule has 1 nitrogen and oxygen atoms in total. The molecule has 2 heteroatoms. The van der Waals surface area contributed by atoms with Crippen molar-refractivity contribution in [3.8, 4) is 0 Å². The summed E-state index contributed by atoms with van der Waals surface area (Å²) >= 11 is 6.10.